The van der Waals surface area contributed by atoms with Gasteiger partial charge in [-0.15, -0.1) is 0 Å². The van der Waals surface area contributed by atoms with Gasteiger partial charge in [0.05, 0.1) is 25.9 Å². The van der Waals surface area contributed by atoms with Crippen molar-refractivity contribution in [3.8, 4) is 5.75 Å². The summed E-state index contributed by atoms with van der Waals surface area (Å²) in [6, 6.07) is 7.71. The third-order valence-corrected chi connectivity index (χ3v) is 3.29. The van der Waals surface area contributed by atoms with E-state index >= 15 is 0 Å². The van der Waals surface area contributed by atoms with Crippen LogP contribution in [0.3, 0.4) is 0 Å². The van der Waals surface area contributed by atoms with Crippen LogP contribution in [0, 0.1) is 0 Å². The minimum absolute atomic E-state index is 0.0655. The number of methoxy groups -OCH3 is 1. The first kappa shape index (κ1) is 13.3. The number of benzene rings is 1. The normalized spacial score (nSPS) is 20.9. The Labute approximate surface area is 108 Å². The van der Waals surface area contributed by atoms with Crippen LogP contribution in [0.2, 0.25) is 0 Å². The Kier molecular flexibility index (Phi) is 4.99. The van der Waals surface area contributed by atoms with E-state index in [1.165, 1.54) is 0 Å². The van der Waals surface area contributed by atoms with Crippen molar-refractivity contribution in [1.29, 1.82) is 0 Å². The van der Waals surface area contributed by atoms with Gasteiger partial charge in [-0.1, -0.05) is 12.1 Å². The van der Waals surface area contributed by atoms with Gasteiger partial charge in [0.25, 0.3) is 0 Å². The summed E-state index contributed by atoms with van der Waals surface area (Å²) in [7, 11) is 1.65. The number of rotatable bonds is 6. The van der Waals surface area contributed by atoms with Crippen LogP contribution >= 0.6 is 0 Å². The van der Waals surface area contributed by atoms with E-state index in [9.17, 15) is 5.11 Å². The molecule has 2 rings (SSSR count). The Morgan fingerprint density at radius 1 is 1.56 bits per heavy atom. The van der Waals surface area contributed by atoms with Crippen LogP contribution in [0.4, 0.5) is 0 Å². The summed E-state index contributed by atoms with van der Waals surface area (Å²) in [5.41, 5.74) is 1.04. The Morgan fingerprint density at radius 2 is 2.44 bits per heavy atom. The van der Waals surface area contributed by atoms with Crippen LogP contribution < -0.4 is 10.1 Å². The maximum absolute atomic E-state index is 9.47. The second-order valence-electron chi connectivity index (χ2n) is 4.56. The quantitative estimate of drug-likeness (QED) is 0.804. The van der Waals surface area contributed by atoms with Gasteiger partial charge < -0.3 is 19.9 Å². The Hall–Kier alpha value is -1.10. The second kappa shape index (κ2) is 6.73. The van der Waals surface area contributed by atoms with E-state index in [1.54, 1.807) is 7.11 Å². The van der Waals surface area contributed by atoms with E-state index in [4.69, 9.17) is 9.47 Å². The van der Waals surface area contributed by atoms with Gasteiger partial charge in [0.2, 0.25) is 0 Å². The molecule has 0 aromatic heterocycles. The van der Waals surface area contributed by atoms with Crippen molar-refractivity contribution in [3.05, 3.63) is 29.8 Å². The molecule has 1 aliphatic heterocycles. The summed E-state index contributed by atoms with van der Waals surface area (Å²) < 4.78 is 10.8. The molecular weight excluding hydrogens is 230 g/mol. The molecule has 2 N–H and O–H groups in total. The number of aliphatic hydroxyl groups excluding tert-OH is 1. The number of ether oxygens (including phenoxy) is 2. The molecule has 0 amide bonds. The van der Waals surface area contributed by atoms with E-state index in [0.29, 0.717) is 0 Å². The van der Waals surface area contributed by atoms with E-state index in [-0.39, 0.29) is 18.8 Å². The fourth-order valence-corrected chi connectivity index (χ4v) is 2.23. The van der Waals surface area contributed by atoms with Crippen LogP contribution in [0.5, 0.6) is 5.75 Å². The molecule has 1 aromatic carbocycles. The molecule has 4 nitrogen and oxygen atoms in total. The monoisotopic (exact) mass is 251 g/mol. The molecule has 1 aromatic rings. The van der Waals surface area contributed by atoms with Crippen molar-refractivity contribution >= 4 is 0 Å². The lowest BCUT2D eigenvalue weighted by Crippen LogP contribution is -2.31. The highest BCUT2D eigenvalue weighted by Crippen LogP contribution is 2.19. The zero-order valence-corrected chi connectivity index (χ0v) is 10.8. The maximum atomic E-state index is 9.47. The van der Waals surface area contributed by atoms with E-state index < -0.39 is 0 Å². The lowest BCUT2D eigenvalue weighted by Gasteiger charge is -2.19. The van der Waals surface area contributed by atoms with Gasteiger partial charge in [-0.25, -0.2) is 0 Å². The SMILES string of the molecule is COc1cccc(C(CO)NCC2CCCO2)c1. The molecular formula is C14H21NO3. The number of hydrogen-bond acceptors (Lipinski definition) is 4. The molecule has 0 radical (unpaired) electrons. The predicted molar refractivity (Wildman–Crippen MR) is 69.8 cm³/mol. The maximum Gasteiger partial charge on any atom is 0.119 e. The molecule has 0 bridgehead atoms. The molecule has 1 aliphatic rings. The summed E-state index contributed by atoms with van der Waals surface area (Å²) >= 11 is 0. The Bertz CT molecular complexity index is 364. The van der Waals surface area contributed by atoms with E-state index in [1.807, 2.05) is 24.3 Å². The number of aliphatic hydroxyl groups is 1. The molecule has 0 saturated carbocycles. The molecule has 1 heterocycles. The molecule has 0 aliphatic carbocycles. The van der Waals surface area contributed by atoms with Gasteiger partial charge in [0.15, 0.2) is 0 Å². The molecule has 1 fully saturated rings. The minimum Gasteiger partial charge on any atom is -0.497 e. The standard InChI is InChI=1S/C14H21NO3/c1-17-12-5-2-4-11(8-12)14(10-16)15-9-13-6-3-7-18-13/h2,4-5,8,13-16H,3,6-7,9-10H2,1H3. The van der Waals surface area contributed by atoms with Crippen LogP contribution in [0.1, 0.15) is 24.4 Å². The molecule has 100 valence electrons. The van der Waals surface area contributed by atoms with Crippen LogP contribution in [-0.2, 0) is 4.74 Å². The largest absolute Gasteiger partial charge is 0.497 e. The summed E-state index contributed by atoms with van der Waals surface area (Å²) in [5, 5.41) is 12.8. The van der Waals surface area contributed by atoms with Crippen molar-refractivity contribution in [2.24, 2.45) is 0 Å². The molecule has 0 spiro atoms. The average molecular weight is 251 g/mol. The summed E-state index contributed by atoms with van der Waals surface area (Å²) in [6.07, 6.45) is 2.52. The molecule has 18 heavy (non-hydrogen) atoms. The van der Waals surface area contributed by atoms with Gasteiger partial charge in [-0.3, -0.25) is 0 Å². The van der Waals surface area contributed by atoms with Gasteiger partial charge in [-0.2, -0.15) is 0 Å². The number of nitrogens with one attached hydrogen (secondary N) is 1. The smallest absolute Gasteiger partial charge is 0.119 e. The van der Waals surface area contributed by atoms with Crippen molar-refractivity contribution in [1.82, 2.24) is 5.32 Å². The summed E-state index contributed by atoms with van der Waals surface area (Å²) in [6.45, 7) is 1.71. The van der Waals surface area contributed by atoms with E-state index in [2.05, 4.69) is 5.32 Å². The number of hydrogen-bond donors (Lipinski definition) is 2. The highest BCUT2D eigenvalue weighted by Gasteiger charge is 2.18. The van der Waals surface area contributed by atoms with Crippen LogP contribution in [0.15, 0.2) is 24.3 Å². The lowest BCUT2D eigenvalue weighted by molar-refractivity contribution is 0.104. The minimum atomic E-state index is -0.0655. The Morgan fingerprint density at radius 3 is 3.11 bits per heavy atom. The first-order valence-electron chi connectivity index (χ1n) is 6.43. The van der Waals surface area contributed by atoms with Gasteiger partial charge in [-0.05, 0) is 30.5 Å². The Balaban J connectivity index is 1.93. The fraction of sp³-hybridized carbons (Fsp3) is 0.571. The summed E-state index contributed by atoms with van der Waals surface area (Å²) in [5.74, 6) is 0.810. The molecule has 4 heteroatoms. The molecule has 1 saturated heterocycles. The van der Waals surface area contributed by atoms with Gasteiger partial charge in [0, 0.05) is 13.2 Å². The third kappa shape index (κ3) is 3.45. The highest BCUT2D eigenvalue weighted by atomic mass is 16.5. The second-order valence-corrected chi connectivity index (χ2v) is 4.56. The van der Waals surface area contributed by atoms with Gasteiger partial charge in [0.1, 0.15) is 5.75 Å². The average Bonchev–Trinajstić information content (AvgIpc) is 2.93. The zero-order chi connectivity index (χ0) is 12.8. The van der Waals surface area contributed by atoms with Crippen molar-refractivity contribution in [2.75, 3.05) is 26.9 Å². The topological polar surface area (TPSA) is 50.7 Å². The summed E-state index contributed by atoms with van der Waals surface area (Å²) in [4.78, 5) is 0. The fourth-order valence-electron chi connectivity index (χ4n) is 2.23. The predicted octanol–water partition coefficient (Wildman–Crippen LogP) is 1.50. The first-order chi connectivity index (χ1) is 8.83. The lowest BCUT2D eigenvalue weighted by atomic mass is 10.1. The van der Waals surface area contributed by atoms with Crippen LogP contribution in [0.25, 0.3) is 0 Å². The first-order valence-corrected chi connectivity index (χ1v) is 6.43. The van der Waals surface area contributed by atoms with Crippen molar-refractivity contribution in [2.45, 2.75) is 25.0 Å². The zero-order valence-electron chi connectivity index (χ0n) is 10.8. The van der Waals surface area contributed by atoms with Crippen LogP contribution in [-0.4, -0.2) is 38.1 Å². The van der Waals surface area contributed by atoms with Crippen molar-refractivity contribution in [3.63, 3.8) is 0 Å². The molecule has 2 atom stereocenters. The molecule has 2 unspecified atom stereocenters. The van der Waals surface area contributed by atoms with Crippen molar-refractivity contribution < 1.29 is 14.6 Å². The highest BCUT2D eigenvalue weighted by molar-refractivity contribution is 5.30. The van der Waals surface area contributed by atoms with Gasteiger partial charge >= 0.3 is 0 Å². The third-order valence-electron chi connectivity index (χ3n) is 3.29. The van der Waals surface area contributed by atoms with E-state index in [0.717, 1.165) is 37.3 Å².